The Morgan fingerprint density at radius 3 is 2.77 bits per heavy atom. The van der Waals surface area contributed by atoms with Crippen molar-refractivity contribution >= 4 is 55.0 Å². The van der Waals surface area contributed by atoms with Crippen molar-refractivity contribution in [2.45, 2.75) is 25.3 Å². The lowest BCUT2D eigenvalue weighted by atomic mass is 10.0. The summed E-state index contributed by atoms with van der Waals surface area (Å²) in [6.07, 6.45) is -0.870. The van der Waals surface area contributed by atoms with Crippen LogP contribution in [-0.4, -0.2) is 78.2 Å². The molecule has 4 heterocycles. The number of fused-ring (bicyclic) bond motifs is 2. The minimum absolute atomic E-state index is 0.00298. The summed E-state index contributed by atoms with van der Waals surface area (Å²) >= 11 is 8.04. The van der Waals surface area contributed by atoms with Crippen LogP contribution in [0.3, 0.4) is 0 Å². The van der Waals surface area contributed by atoms with Crippen LogP contribution in [0, 0.1) is 5.82 Å². The first-order chi connectivity index (χ1) is 18.9. The minimum atomic E-state index is -2.42. The van der Waals surface area contributed by atoms with Gasteiger partial charge in [0.15, 0.2) is 10.9 Å². The quantitative estimate of drug-likeness (QED) is 0.324. The maximum absolute atomic E-state index is 16.4. The SMILES string of the molecule is Nc1nc2c(-c3c(Cl)cc4c(N5CCNCC5)nc(OC[C@@H]5CCCN5CC(F)F)nc4c3F)cccc2s1. The lowest BCUT2D eigenvalue weighted by Crippen LogP contribution is -2.44. The average molecular weight is 578 g/mol. The first-order valence-corrected chi connectivity index (χ1v) is 14.0. The number of nitrogens with two attached hydrogens (primary N) is 1. The maximum Gasteiger partial charge on any atom is 0.319 e. The van der Waals surface area contributed by atoms with Gasteiger partial charge in [-0.3, -0.25) is 4.90 Å². The van der Waals surface area contributed by atoms with Gasteiger partial charge >= 0.3 is 6.01 Å². The van der Waals surface area contributed by atoms with Gasteiger partial charge in [-0.2, -0.15) is 9.97 Å². The van der Waals surface area contributed by atoms with Crippen LogP contribution in [0.4, 0.5) is 24.1 Å². The van der Waals surface area contributed by atoms with Crippen LogP contribution in [0.15, 0.2) is 24.3 Å². The molecule has 3 N–H and O–H groups in total. The highest BCUT2D eigenvalue weighted by Gasteiger charge is 2.29. The molecule has 0 amide bonds. The number of alkyl halides is 2. The molecule has 8 nitrogen and oxygen atoms in total. The Morgan fingerprint density at radius 2 is 1.97 bits per heavy atom. The molecule has 13 heteroatoms. The van der Waals surface area contributed by atoms with Crippen molar-refractivity contribution in [2.24, 2.45) is 0 Å². The third-order valence-corrected chi connectivity index (χ3v) is 8.39. The van der Waals surface area contributed by atoms with Crippen LogP contribution in [0.2, 0.25) is 5.02 Å². The van der Waals surface area contributed by atoms with E-state index in [1.807, 2.05) is 17.0 Å². The van der Waals surface area contributed by atoms with Gasteiger partial charge in [0.2, 0.25) is 0 Å². The summed E-state index contributed by atoms with van der Waals surface area (Å²) in [6.45, 7) is 3.23. The zero-order valence-corrected chi connectivity index (χ0v) is 22.5. The molecule has 2 aromatic carbocycles. The van der Waals surface area contributed by atoms with Crippen molar-refractivity contribution in [2.75, 3.05) is 56.5 Å². The Bertz CT molecular complexity index is 1510. The van der Waals surface area contributed by atoms with E-state index in [9.17, 15) is 8.78 Å². The Kier molecular flexibility index (Phi) is 7.36. The molecule has 39 heavy (non-hydrogen) atoms. The van der Waals surface area contributed by atoms with E-state index >= 15 is 4.39 Å². The second kappa shape index (κ2) is 10.9. The fourth-order valence-electron chi connectivity index (χ4n) is 5.43. The molecule has 0 radical (unpaired) electrons. The second-order valence-electron chi connectivity index (χ2n) is 9.71. The van der Waals surface area contributed by atoms with Gasteiger partial charge in [-0.25, -0.2) is 18.2 Å². The van der Waals surface area contributed by atoms with Gasteiger partial charge in [-0.15, -0.1) is 0 Å². The highest BCUT2D eigenvalue weighted by atomic mass is 35.5. The van der Waals surface area contributed by atoms with Gasteiger partial charge in [0.25, 0.3) is 6.43 Å². The van der Waals surface area contributed by atoms with Crippen LogP contribution in [0.25, 0.3) is 32.2 Å². The highest BCUT2D eigenvalue weighted by molar-refractivity contribution is 7.22. The fourth-order valence-corrected chi connectivity index (χ4v) is 6.48. The van der Waals surface area contributed by atoms with Crippen LogP contribution in [0.5, 0.6) is 6.01 Å². The van der Waals surface area contributed by atoms with Gasteiger partial charge in [-0.05, 0) is 31.5 Å². The minimum Gasteiger partial charge on any atom is -0.462 e. The number of nitrogens with zero attached hydrogens (tertiary/aromatic N) is 5. The molecule has 0 aliphatic carbocycles. The van der Waals surface area contributed by atoms with Gasteiger partial charge in [0, 0.05) is 48.7 Å². The Labute approximate surface area is 231 Å². The van der Waals surface area contributed by atoms with Gasteiger partial charge in [-0.1, -0.05) is 35.1 Å². The third-order valence-electron chi connectivity index (χ3n) is 7.24. The van der Waals surface area contributed by atoms with E-state index in [-0.39, 0.29) is 41.3 Å². The first-order valence-electron chi connectivity index (χ1n) is 12.8. The van der Waals surface area contributed by atoms with E-state index < -0.39 is 12.2 Å². The molecule has 2 aromatic heterocycles. The number of nitrogens with one attached hydrogen (secondary N) is 1. The topological polar surface area (TPSA) is 92.4 Å². The van der Waals surface area contributed by atoms with Crippen LogP contribution in [0.1, 0.15) is 12.8 Å². The number of hydrogen-bond donors (Lipinski definition) is 2. The number of ether oxygens (including phenoxy) is 1. The summed E-state index contributed by atoms with van der Waals surface area (Å²) in [5, 5.41) is 4.36. The van der Waals surface area contributed by atoms with Gasteiger partial charge in [0.05, 0.1) is 21.8 Å². The van der Waals surface area contributed by atoms with Crippen LogP contribution < -0.4 is 20.7 Å². The number of likely N-dealkylation sites (tertiary alicyclic amines) is 1. The predicted molar refractivity (Wildman–Crippen MR) is 149 cm³/mol. The van der Waals surface area contributed by atoms with E-state index in [4.69, 9.17) is 22.1 Å². The monoisotopic (exact) mass is 577 g/mol. The molecule has 0 saturated carbocycles. The molecule has 1 atom stereocenters. The van der Waals surface area contributed by atoms with E-state index in [2.05, 4.69) is 20.3 Å². The number of anilines is 2. The number of piperazine rings is 1. The summed E-state index contributed by atoms with van der Waals surface area (Å²) in [6, 6.07) is 6.94. The van der Waals surface area contributed by atoms with Gasteiger partial charge < -0.3 is 20.7 Å². The largest absolute Gasteiger partial charge is 0.462 e. The van der Waals surface area contributed by atoms with E-state index in [1.165, 1.54) is 11.3 Å². The zero-order chi connectivity index (χ0) is 27.1. The number of benzene rings is 2. The molecular weight excluding hydrogens is 551 g/mol. The molecule has 2 fully saturated rings. The van der Waals surface area contributed by atoms with E-state index in [0.29, 0.717) is 47.1 Å². The van der Waals surface area contributed by atoms with Crippen molar-refractivity contribution in [3.8, 4) is 17.1 Å². The number of hydrogen-bond acceptors (Lipinski definition) is 9. The molecule has 4 aromatic rings. The Balaban J connectivity index is 1.44. The number of aromatic nitrogens is 3. The number of para-hydroxylation sites is 1. The summed E-state index contributed by atoms with van der Waals surface area (Å²) in [5.74, 6) is -0.0868. The van der Waals surface area contributed by atoms with Crippen molar-refractivity contribution in [3.63, 3.8) is 0 Å². The smallest absolute Gasteiger partial charge is 0.319 e. The van der Waals surface area contributed by atoms with E-state index in [1.54, 1.807) is 17.0 Å². The lowest BCUT2D eigenvalue weighted by molar-refractivity contribution is 0.0684. The normalized spacial score (nSPS) is 18.6. The summed E-state index contributed by atoms with van der Waals surface area (Å²) < 4.78 is 49.3. The Morgan fingerprint density at radius 1 is 1.15 bits per heavy atom. The van der Waals surface area contributed by atoms with Gasteiger partial charge in [0.1, 0.15) is 17.9 Å². The standard InChI is InChI=1S/C26H27ClF3N7OS/c27-17-11-16-23(21(30)20(17)15-4-1-5-18-22(15)33-25(31)39-18)34-26(35-24(16)36-9-6-32-7-10-36)38-13-14-3-2-8-37(14)12-19(28)29/h1,4-5,11,14,19,32H,2-3,6-10,12-13H2,(H2,31,33)/t14-/m0/s1. The summed E-state index contributed by atoms with van der Waals surface area (Å²) in [7, 11) is 0. The van der Waals surface area contributed by atoms with Crippen molar-refractivity contribution in [1.82, 2.24) is 25.2 Å². The summed E-state index contributed by atoms with van der Waals surface area (Å²) in [5.41, 5.74) is 7.26. The molecule has 6 rings (SSSR count). The molecule has 2 saturated heterocycles. The number of nitrogen functional groups attached to an aromatic ring is 1. The Hall–Kier alpha value is -2.93. The maximum atomic E-state index is 16.4. The second-order valence-corrected chi connectivity index (χ2v) is 11.2. The number of rotatable bonds is 7. The predicted octanol–water partition coefficient (Wildman–Crippen LogP) is 4.80. The van der Waals surface area contributed by atoms with Crippen molar-refractivity contribution in [3.05, 3.63) is 35.1 Å². The third kappa shape index (κ3) is 5.18. The summed E-state index contributed by atoms with van der Waals surface area (Å²) in [4.78, 5) is 17.3. The molecule has 0 spiro atoms. The number of thiazole rings is 1. The molecule has 206 valence electrons. The lowest BCUT2D eigenvalue weighted by Gasteiger charge is -2.30. The van der Waals surface area contributed by atoms with Crippen molar-refractivity contribution in [1.29, 1.82) is 0 Å². The molecular formula is C26H27ClF3N7OS. The zero-order valence-electron chi connectivity index (χ0n) is 21.0. The highest BCUT2D eigenvalue weighted by Crippen LogP contribution is 2.42. The molecule has 2 aliphatic heterocycles. The number of halogens is 4. The molecule has 0 unspecified atom stereocenters. The van der Waals surface area contributed by atoms with Crippen molar-refractivity contribution < 1.29 is 17.9 Å². The molecule has 0 bridgehead atoms. The fraction of sp³-hybridized carbons (Fsp3) is 0.423. The van der Waals surface area contributed by atoms with Crippen LogP contribution in [-0.2, 0) is 0 Å². The molecule has 2 aliphatic rings. The first kappa shape index (κ1) is 26.3. The van der Waals surface area contributed by atoms with Crippen LogP contribution >= 0.6 is 22.9 Å². The average Bonchev–Trinajstić information content (AvgIpc) is 3.53. The van der Waals surface area contributed by atoms with E-state index in [0.717, 1.165) is 30.6 Å².